The van der Waals surface area contributed by atoms with Gasteiger partial charge in [-0.15, -0.1) is 0 Å². The molecule has 1 N–H and O–H groups in total. The number of sulfonamides is 1. The summed E-state index contributed by atoms with van der Waals surface area (Å²) in [5.41, 5.74) is -0.573. The first-order chi connectivity index (χ1) is 14.8. The second-order valence-corrected chi connectivity index (χ2v) is 9.91. The Morgan fingerprint density at radius 3 is 2.50 bits per heavy atom. The standard InChI is InChI=1S/C20H19BrF4N2O4S/c1-32(29,30)26-19(28)15-9-16(21)18(10-17(15)22)31-11-14-3-2-8-27(14)13-6-4-12(5-7-13)20(23,24)25/h4-7,9-10,14H,2-3,8,11H2,1H3,(H,26,28)/t14-/m1/s1. The summed E-state index contributed by atoms with van der Waals surface area (Å²) < 4.78 is 82.8. The number of ether oxygens (including phenoxy) is 1. The van der Waals surface area contributed by atoms with Crippen LogP contribution in [-0.4, -0.2) is 39.8 Å². The van der Waals surface area contributed by atoms with E-state index < -0.39 is 39.1 Å². The summed E-state index contributed by atoms with van der Waals surface area (Å²) in [5.74, 6) is -1.96. The second-order valence-electron chi connectivity index (χ2n) is 7.31. The Morgan fingerprint density at radius 1 is 1.25 bits per heavy atom. The van der Waals surface area contributed by atoms with E-state index in [1.165, 1.54) is 12.1 Å². The highest BCUT2D eigenvalue weighted by Gasteiger charge is 2.31. The van der Waals surface area contributed by atoms with E-state index >= 15 is 0 Å². The molecule has 1 fully saturated rings. The van der Waals surface area contributed by atoms with Crippen LogP contribution in [-0.2, 0) is 16.2 Å². The van der Waals surface area contributed by atoms with Gasteiger partial charge in [-0.25, -0.2) is 17.5 Å². The summed E-state index contributed by atoms with van der Waals surface area (Å²) in [7, 11) is -3.86. The van der Waals surface area contributed by atoms with Crippen molar-refractivity contribution in [2.45, 2.75) is 25.1 Å². The highest BCUT2D eigenvalue weighted by molar-refractivity contribution is 9.10. The van der Waals surface area contributed by atoms with Crippen LogP contribution in [0.2, 0.25) is 0 Å². The molecule has 2 aromatic rings. The maximum absolute atomic E-state index is 14.4. The van der Waals surface area contributed by atoms with Gasteiger partial charge < -0.3 is 9.64 Å². The molecule has 0 saturated carbocycles. The van der Waals surface area contributed by atoms with E-state index in [0.717, 1.165) is 43.4 Å². The van der Waals surface area contributed by atoms with Gasteiger partial charge in [0.15, 0.2) is 0 Å². The average molecular weight is 539 g/mol. The van der Waals surface area contributed by atoms with Crippen LogP contribution in [0.1, 0.15) is 28.8 Å². The van der Waals surface area contributed by atoms with Gasteiger partial charge in [-0.1, -0.05) is 0 Å². The van der Waals surface area contributed by atoms with Gasteiger partial charge in [-0.05, 0) is 59.1 Å². The van der Waals surface area contributed by atoms with Crippen molar-refractivity contribution in [1.82, 2.24) is 4.72 Å². The third kappa shape index (κ3) is 5.91. The third-order valence-electron chi connectivity index (χ3n) is 4.88. The fourth-order valence-corrected chi connectivity index (χ4v) is 4.32. The molecule has 0 radical (unpaired) electrons. The number of hydrogen-bond donors (Lipinski definition) is 1. The zero-order valence-electron chi connectivity index (χ0n) is 16.7. The number of carbonyl (C=O) groups excluding carboxylic acids is 1. The lowest BCUT2D eigenvalue weighted by Gasteiger charge is -2.27. The minimum atomic E-state index is -4.41. The molecule has 0 bridgehead atoms. The van der Waals surface area contributed by atoms with E-state index in [9.17, 15) is 30.8 Å². The van der Waals surface area contributed by atoms with Gasteiger partial charge in [0.25, 0.3) is 5.91 Å². The quantitative estimate of drug-likeness (QED) is 0.553. The predicted octanol–water partition coefficient (Wildman–Crippen LogP) is 4.34. The van der Waals surface area contributed by atoms with Crippen molar-refractivity contribution >= 4 is 37.5 Å². The Hall–Kier alpha value is -2.34. The molecule has 0 spiro atoms. The van der Waals surface area contributed by atoms with Crippen LogP contribution in [0, 0.1) is 5.82 Å². The van der Waals surface area contributed by atoms with Crippen molar-refractivity contribution in [3.05, 3.63) is 57.8 Å². The van der Waals surface area contributed by atoms with Crippen molar-refractivity contribution in [3.8, 4) is 5.75 Å². The molecule has 1 amide bonds. The van der Waals surface area contributed by atoms with Crippen LogP contribution >= 0.6 is 15.9 Å². The van der Waals surface area contributed by atoms with Crippen molar-refractivity contribution in [2.24, 2.45) is 0 Å². The number of carbonyl (C=O) groups is 1. The predicted molar refractivity (Wildman–Crippen MR) is 114 cm³/mol. The monoisotopic (exact) mass is 538 g/mol. The molecule has 6 nitrogen and oxygen atoms in total. The molecule has 32 heavy (non-hydrogen) atoms. The number of benzene rings is 2. The van der Waals surface area contributed by atoms with Crippen molar-refractivity contribution in [2.75, 3.05) is 24.3 Å². The van der Waals surface area contributed by atoms with Crippen LogP contribution in [0.5, 0.6) is 5.75 Å². The first-order valence-electron chi connectivity index (χ1n) is 9.43. The highest BCUT2D eigenvalue weighted by atomic mass is 79.9. The Labute approximate surface area is 190 Å². The zero-order valence-corrected chi connectivity index (χ0v) is 19.2. The molecule has 0 aliphatic carbocycles. The number of nitrogens with one attached hydrogen (secondary N) is 1. The van der Waals surface area contributed by atoms with Gasteiger partial charge in [0.2, 0.25) is 10.0 Å². The topological polar surface area (TPSA) is 75.7 Å². The van der Waals surface area contributed by atoms with Gasteiger partial charge in [0, 0.05) is 18.3 Å². The molecule has 1 saturated heterocycles. The summed E-state index contributed by atoms with van der Waals surface area (Å²) in [4.78, 5) is 13.9. The van der Waals surface area contributed by atoms with E-state index in [0.29, 0.717) is 12.2 Å². The molecule has 12 heteroatoms. The molecule has 174 valence electrons. The van der Waals surface area contributed by atoms with E-state index in [1.807, 2.05) is 4.90 Å². The molecule has 1 aliphatic heterocycles. The summed E-state index contributed by atoms with van der Waals surface area (Å²) in [5, 5.41) is 0. The molecule has 1 heterocycles. The molecule has 3 rings (SSSR count). The molecule has 1 aliphatic rings. The maximum Gasteiger partial charge on any atom is 0.416 e. The van der Waals surface area contributed by atoms with Gasteiger partial charge in [0.05, 0.1) is 27.9 Å². The summed E-state index contributed by atoms with van der Waals surface area (Å²) in [6.07, 6.45) is -2.09. The van der Waals surface area contributed by atoms with Crippen molar-refractivity contribution in [3.63, 3.8) is 0 Å². The minimum Gasteiger partial charge on any atom is -0.490 e. The molecule has 1 atom stereocenters. The lowest BCUT2D eigenvalue weighted by atomic mass is 10.1. The van der Waals surface area contributed by atoms with E-state index in [4.69, 9.17) is 4.74 Å². The zero-order chi connectivity index (χ0) is 23.7. The van der Waals surface area contributed by atoms with E-state index in [-0.39, 0.29) is 22.9 Å². The smallest absolute Gasteiger partial charge is 0.416 e. The number of alkyl halides is 3. The second kappa shape index (κ2) is 9.26. The lowest BCUT2D eigenvalue weighted by Crippen LogP contribution is -2.34. The first kappa shape index (κ1) is 24.3. The summed E-state index contributed by atoms with van der Waals surface area (Å²) in [6, 6.07) is 6.81. The fraction of sp³-hybridized carbons (Fsp3) is 0.350. The van der Waals surface area contributed by atoms with Crippen LogP contribution in [0.4, 0.5) is 23.2 Å². The number of anilines is 1. The van der Waals surface area contributed by atoms with E-state index in [1.54, 1.807) is 4.72 Å². The average Bonchev–Trinajstić information content (AvgIpc) is 3.15. The van der Waals surface area contributed by atoms with Gasteiger partial charge in [0.1, 0.15) is 18.2 Å². The van der Waals surface area contributed by atoms with Gasteiger partial charge >= 0.3 is 6.18 Å². The highest BCUT2D eigenvalue weighted by Crippen LogP contribution is 2.33. The number of nitrogens with zero attached hydrogens (tertiary/aromatic N) is 1. The largest absolute Gasteiger partial charge is 0.490 e. The molecule has 0 aromatic heterocycles. The molecular formula is C20H19BrF4N2O4S. The number of amides is 1. The Balaban J connectivity index is 1.70. The Morgan fingerprint density at radius 2 is 1.91 bits per heavy atom. The first-order valence-corrected chi connectivity index (χ1v) is 12.1. The maximum atomic E-state index is 14.4. The minimum absolute atomic E-state index is 0.109. The molecule has 2 aromatic carbocycles. The van der Waals surface area contributed by atoms with Crippen LogP contribution in [0.3, 0.4) is 0 Å². The number of hydrogen-bond acceptors (Lipinski definition) is 5. The lowest BCUT2D eigenvalue weighted by molar-refractivity contribution is -0.137. The Bertz CT molecular complexity index is 1110. The van der Waals surface area contributed by atoms with Crippen LogP contribution in [0.15, 0.2) is 40.9 Å². The molecule has 0 unspecified atom stereocenters. The van der Waals surface area contributed by atoms with Crippen LogP contribution < -0.4 is 14.4 Å². The van der Waals surface area contributed by atoms with Crippen molar-refractivity contribution in [1.29, 1.82) is 0 Å². The van der Waals surface area contributed by atoms with E-state index in [2.05, 4.69) is 15.9 Å². The summed E-state index contributed by atoms with van der Waals surface area (Å²) in [6.45, 7) is 0.771. The van der Waals surface area contributed by atoms with Gasteiger partial charge in [-0.3, -0.25) is 4.79 Å². The fourth-order valence-electron chi connectivity index (χ4n) is 3.41. The Kier molecular flexibility index (Phi) is 7.03. The van der Waals surface area contributed by atoms with Crippen molar-refractivity contribution < 1.29 is 35.5 Å². The third-order valence-corrected chi connectivity index (χ3v) is 6.05. The van der Waals surface area contributed by atoms with Gasteiger partial charge in [-0.2, -0.15) is 13.2 Å². The normalized spacial score (nSPS) is 16.8. The number of halogens is 5. The molecular weight excluding hydrogens is 520 g/mol. The summed E-state index contributed by atoms with van der Waals surface area (Å²) >= 11 is 3.18. The number of rotatable bonds is 6. The SMILES string of the molecule is CS(=O)(=O)NC(=O)c1cc(Br)c(OC[C@H]2CCCN2c2ccc(C(F)(F)F)cc2)cc1F. The van der Waals surface area contributed by atoms with Crippen LogP contribution in [0.25, 0.3) is 0 Å².